The van der Waals surface area contributed by atoms with Crippen LogP contribution in [0.5, 0.6) is 0 Å². The summed E-state index contributed by atoms with van der Waals surface area (Å²) in [5.41, 5.74) is 1.36. The van der Waals surface area contributed by atoms with Gasteiger partial charge in [0, 0.05) is 18.8 Å². The molecule has 1 atom stereocenters. The van der Waals surface area contributed by atoms with Crippen LogP contribution in [-0.2, 0) is 6.42 Å². The summed E-state index contributed by atoms with van der Waals surface area (Å²) in [4.78, 5) is 8.55. The van der Waals surface area contributed by atoms with Gasteiger partial charge in [-0.2, -0.15) is 16.3 Å². The zero-order chi connectivity index (χ0) is 12.8. The Labute approximate surface area is 111 Å². The molecular weight excluding hydrogens is 244 g/mol. The van der Waals surface area contributed by atoms with Gasteiger partial charge in [0.2, 0.25) is 5.95 Å². The lowest BCUT2D eigenvalue weighted by Crippen LogP contribution is -2.19. The third kappa shape index (κ3) is 3.70. The molecule has 0 saturated carbocycles. The Balaban J connectivity index is 1.93. The molecule has 18 heavy (non-hydrogen) atoms. The van der Waals surface area contributed by atoms with Gasteiger partial charge in [0.1, 0.15) is 5.82 Å². The Morgan fingerprint density at radius 1 is 1.39 bits per heavy atom. The van der Waals surface area contributed by atoms with Gasteiger partial charge >= 0.3 is 0 Å². The third-order valence-corrected chi connectivity index (χ3v) is 3.24. The first-order valence-electron chi connectivity index (χ1n) is 6.12. The summed E-state index contributed by atoms with van der Waals surface area (Å²) in [6.45, 7) is 5.02. The number of anilines is 2. The lowest BCUT2D eigenvalue weighted by Gasteiger charge is -2.14. The predicted octanol–water partition coefficient (Wildman–Crippen LogP) is 3.01. The fourth-order valence-electron chi connectivity index (χ4n) is 1.75. The molecule has 5 heteroatoms. The van der Waals surface area contributed by atoms with Crippen molar-refractivity contribution in [3.63, 3.8) is 0 Å². The molecule has 0 aromatic carbocycles. The number of nitrogens with one attached hydrogen (secondary N) is 2. The standard InChI is InChI=1S/C13H18N4S/c1-3-14-13-15-6-4-12(17-13)16-10(2)8-11-5-7-18-9-11/h4-7,9-10H,3,8H2,1-2H3,(H2,14,15,16,17). The number of thiophene rings is 1. The Bertz CT molecular complexity index is 470. The SMILES string of the molecule is CCNc1nccc(NC(C)Cc2ccsc2)n1. The van der Waals surface area contributed by atoms with Crippen molar-refractivity contribution >= 4 is 23.1 Å². The van der Waals surface area contributed by atoms with Gasteiger partial charge in [-0.15, -0.1) is 0 Å². The molecule has 4 nitrogen and oxygen atoms in total. The van der Waals surface area contributed by atoms with E-state index in [0.29, 0.717) is 12.0 Å². The summed E-state index contributed by atoms with van der Waals surface area (Å²) < 4.78 is 0. The minimum Gasteiger partial charge on any atom is -0.367 e. The van der Waals surface area contributed by atoms with Crippen molar-refractivity contribution in [3.8, 4) is 0 Å². The molecular formula is C13H18N4S. The molecule has 0 aliphatic carbocycles. The van der Waals surface area contributed by atoms with Crippen molar-refractivity contribution in [1.29, 1.82) is 0 Å². The first kappa shape index (κ1) is 12.8. The van der Waals surface area contributed by atoms with Crippen molar-refractivity contribution in [1.82, 2.24) is 9.97 Å². The summed E-state index contributed by atoms with van der Waals surface area (Å²) in [6.07, 6.45) is 2.77. The highest BCUT2D eigenvalue weighted by atomic mass is 32.1. The van der Waals surface area contributed by atoms with Crippen LogP contribution < -0.4 is 10.6 Å². The predicted molar refractivity (Wildman–Crippen MR) is 77.3 cm³/mol. The maximum atomic E-state index is 4.40. The molecule has 0 bridgehead atoms. The van der Waals surface area contributed by atoms with E-state index in [1.165, 1.54) is 5.56 Å². The van der Waals surface area contributed by atoms with E-state index in [4.69, 9.17) is 0 Å². The second-order valence-corrected chi connectivity index (χ2v) is 4.96. The van der Waals surface area contributed by atoms with E-state index in [-0.39, 0.29) is 0 Å². The second kappa shape index (κ2) is 6.35. The molecule has 2 aromatic heterocycles. The average molecular weight is 262 g/mol. The van der Waals surface area contributed by atoms with Crippen LogP contribution >= 0.6 is 11.3 Å². The van der Waals surface area contributed by atoms with E-state index >= 15 is 0 Å². The molecule has 0 saturated heterocycles. The molecule has 0 aliphatic heterocycles. The minimum atomic E-state index is 0.351. The number of hydrogen-bond acceptors (Lipinski definition) is 5. The summed E-state index contributed by atoms with van der Waals surface area (Å²) in [5, 5.41) is 10.8. The molecule has 0 radical (unpaired) electrons. The molecule has 2 heterocycles. The largest absolute Gasteiger partial charge is 0.367 e. The van der Waals surface area contributed by atoms with E-state index in [0.717, 1.165) is 18.8 Å². The molecule has 2 aromatic rings. The van der Waals surface area contributed by atoms with Gasteiger partial charge in [-0.3, -0.25) is 0 Å². The van der Waals surface area contributed by atoms with Gasteiger partial charge in [0.25, 0.3) is 0 Å². The van der Waals surface area contributed by atoms with Crippen LogP contribution in [0.2, 0.25) is 0 Å². The zero-order valence-corrected chi connectivity index (χ0v) is 11.5. The maximum absolute atomic E-state index is 4.40. The van der Waals surface area contributed by atoms with E-state index in [1.54, 1.807) is 17.5 Å². The van der Waals surface area contributed by atoms with Crippen LogP contribution in [0.25, 0.3) is 0 Å². The zero-order valence-electron chi connectivity index (χ0n) is 10.7. The molecule has 2 rings (SSSR count). The Kier molecular flexibility index (Phi) is 4.52. The first-order chi connectivity index (χ1) is 8.78. The highest BCUT2D eigenvalue weighted by molar-refractivity contribution is 7.07. The summed E-state index contributed by atoms with van der Waals surface area (Å²) >= 11 is 1.73. The van der Waals surface area contributed by atoms with Gasteiger partial charge < -0.3 is 10.6 Å². The van der Waals surface area contributed by atoms with E-state index in [1.807, 2.05) is 13.0 Å². The van der Waals surface area contributed by atoms with Gasteiger partial charge in [-0.25, -0.2) is 4.98 Å². The quantitative estimate of drug-likeness (QED) is 0.840. The van der Waals surface area contributed by atoms with Crippen LogP contribution in [-0.4, -0.2) is 22.6 Å². The van der Waals surface area contributed by atoms with Gasteiger partial charge in [0.05, 0.1) is 0 Å². The van der Waals surface area contributed by atoms with Crippen LogP contribution in [0.3, 0.4) is 0 Å². The van der Waals surface area contributed by atoms with Crippen molar-refractivity contribution in [3.05, 3.63) is 34.7 Å². The number of aromatic nitrogens is 2. The van der Waals surface area contributed by atoms with Crippen LogP contribution in [0.15, 0.2) is 29.1 Å². The Morgan fingerprint density at radius 3 is 3.00 bits per heavy atom. The van der Waals surface area contributed by atoms with Crippen molar-refractivity contribution in [2.45, 2.75) is 26.3 Å². The minimum absolute atomic E-state index is 0.351. The third-order valence-electron chi connectivity index (χ3n) is 2.51. The van der Waals surface area contributed by atoms with E-state index < -0.39 is 0 Å². The number of rotatable bonds is 6. The highest BCUT2D eigenvalue weighted by Crippen LogP contribution is 2.12. The van der Waals surface area contributed by atoms with Crippen molar-refractivity contribution in [2.24, 2.45) is 0 Å². The van der Waals surface area contributed by atoms with Crippen molar-refractivity contribution < 1.29 is 0 Å². The van der Waals surface area contributed by atoms with Crippen LogP contribution in [0, 0.1) is 0 Å². The van der Waals surface area contributed by atoms with Crippen LogP contribution in [0.1, 0.15) is 19.4 Å². The molecule has 96 valence electrons. The monoisotopic (exact) mass is 262 g/mol. The first-order valence-corrected chi connectivity index (χ1v) is 7.06. The average Bonchev–Trinajstić information content (AvgIpc) is 2.82. The second-order valence-electron chi connectivity index (χ2n) is 4.18. The van der Waals surface area contributed by atoms with E-state index in [9.17, 15) is 0 Å². The molecule has 0 spiro atoms. The fraction of sp³-hybridized carbons (Fsp3) is 0.385. The maximum Gasteiger partial charge on any atom is 0.224 e. The molecule has 2 N–H and O–H groups in total. The lowest BCUT2D eigenvalue weighted by molar-refractivity contribution is 0.786. The Morgan fingerprint density at radius 2 is 2.28 bits per heavy atom. The summed E-state index contributed by atoms with van der Waals surface area (Å²) in [6, 6.07) is 4.40. The molecule has 0 amide bonds. The molecule has 0 fully saturated rings. The molecule has 1 unspecified atom stereocenters. The highest BCUT2D eigenvalue weighted by Gasteiger charge is 2.05. The van der Waals surface area contributed by atoms with Crippen LogP contribution in [0.4, 0.5) is 11.8 Å². The molecule has 0 aliphatic rings. The van der Waals surface area contributed by atoms with Gasteiger partial charge in [-0.1, -0.05) is 0 Å². The summed E-state index contributed by atoms with van der Waals surface area (Å²) in [5.74, 6) is 1.54. The number of nitrogens with zero attached hydrogens (tertiary/aromatic N) is 2. The van der Waals surface area contributed by atoms with Gasteiger partial charge in [-0.05, 0) is 48.7 Å². The normalized spacial score (nSPS) is 12.1. The van der Waals surface area contributed by atoms with E-state index in [2.05, 4.69) is 44.4 Å². The van der Waals surface area contributed by atoms with Gasteiger partial charge in [0.15, 0.2) is 0 Å². The summed E-state index contributed by atoms with van der Waals surface area (Å²) in [7, 11) is 0. The Hall–Kier alpha value is -1.62. The fourth-order valence-corrected chi connectivity index (χ4v) is 2.43. The number of hydrogen-bond donors (Lipinski definition) is 2. The lowest BCUT2D eigenvalue weighted by atomic mass is 10.1. The van der Waals surface area contributed by atoms with Crippen molar-refractivity contribution in [2.75, 3.05) is 17.2 Å². The smallest absolute Gasteiger partial charge is 0.224 e. The topological polar surface area (TPSA) is 49.8 Å².